The number of hydrogen-bond acceptors (Lipinski definition) is 9. The number of furan rings is 1. The molecule has 2 aromatic heterocycles. The van der Waals surface area contributed by atoms with E-state index < -0.39 is 72.2 Å². The molecule has 2 aromatic carbocycles. The quantitative estimate of drug-likeness (QED) is 0.136. The number of benzene rings is 2. The molecule has 6 rings (SSSR count). The van der Waals surface area contributed by atoms with E-state index in [4.69, 9.17) is 4.42 Å². The smallest absolute Gasteiger partial charge is 0.326 e. The maximum absolute atomic E-state index is 14.1. The van der Waals surface area contributed by atoms with Crippen LogP contribution in [0, 0.1) is 0 Å². The summed E-state index contributed by atoms with van der Waals surface area (Å²) in [6, 6.07) is 14.6. The lowest BCUT2D eigenvalue weighted by Gasteiger charge is -2.26. The van der Waals surface area contributed by atoms with Gasteiger partial charge >= 0.3 is 5.97 Å². The van der Waals surface area contributed by atoms with Crippen molar-refractivity contribution in [2.45, 2.75) is 62.4 Å². The Morgan fingerprint density at radius 3 is 2.02 bits per heavy atom. The molecule has 5 unspecified atom stereocenters. The van der Waals surface area contributed by atoms with Crippen LogP contribution >= 0.6 is 27.3 Å². The third-order valence-electron chi connectivity index (χ3n) is 8.20. The van der Waals surface area contributed by atoms with Crippen LogP contribution in [-0.4, -0.2) is 76.0 Å². The highest BCUT2D eigenvalue weighted by atomic mass is 79.9. The number of aliphatic hydroxyl groups excluding tert-OH is 1. The number of fused-ring (bicyclic) bond motifs is 18. The summed E-state index contributed by atoms with van der Waals surface area (Å²) in [6.07, 6.45) is -1.30. The van der Waals surface area contributed by atoms with E-state index in [2.05, 4.69) is 42.5 Å². The fourth-order valence-electron chi connectivity index (χ4n) is 5.47. The Morgan fingerprint density at radius 1 is 0.750 bits per heavy atom. The molecule has 16 heteroatoms. The van der Waals surface area contributed by atoms with Crippen LogP contribution in [0.3, 0.4) is 0 Å². The molecule has 0 spiro atoms. The minimum absolute atomic E-state index is 0.0218. The molecule has 0 radical (unpaired) electrons. The van der Waals surface area contributed by atoms with E-state index in [1.807, 2.05) is 0 Å². The average molecular weight is 795 g/mol. The van der Waals surface area contributed by atoms with Crippen LogP contribution in [0.2, 0.25) is 0 Å². The van der Waals surface area contributed by atoms with Gasteiger partial charge in [0.05, 0.1) is 12.7 Å². The Morgan fingerprint density at radius 2 is 1.40 bits per heavy atom. The van der Waals surface area contributed by atoms with Crippen molar-refractivity contribution in [1.82, 2.24) is 21.3 Å². The molecule has 7 N–H and O–H groups in total. The predicted octanol–water partition coefficient (Wildman–Crippen LogP) is 2.10. The third kappa shape index (κ3) is 10.8. The Kier molecular flexibility index (Phi) is 12.9. The number of aliphatic carboxylic acids is 1. The molecule has 0 fully saturated rings. The molecule has 0 saturated heterocycles. The number of carbonyl (C=O) groups excluding carboxylic acids is 5. The van der Waals surface area contributed by atoms with Crippen molar-refractivity contribution in [2.24, 2.45) is 0 Å². The Labute approximate surface area is 310 Å². The van der Waals surface area contributed by atoms with Crippen molar-refractivity contribution in [1.29, 1.82) is 0 Å². The highest BCUT2D eigenvalue weighted by molar-refractivity contribution is 9.10. The number of anilines is 1. The van der Waals surface area contributed by atoms with Crippen molar-refractivity contribution in [3.63, 3.8) is 0 Å². The van der Waals surface area contributed by atoms with Gasteiger partial charge in [-0.1, -0.05) is 46.3 Å². The topological polar surface area (TPSA) is 216 Å². The number of hydrogen-bond donors (Lipinski definition) is 7. The van der Waals surface area contributed by atoms with Crippen LogP contribution < -0.4 is 26.6 Å². The number of carboxylic acid groups (broad SMARTS) is 1. The van der Waals surface area contributed by atoms with E-state index in [0.717, 1.165) is 9.35 Å². The van der Waals surface area contributed by atoms with E-state index in [-0.39, 0.29) is 31.4 Å². The second-order valence-electron chi connectivity index (χ2n) is 12.1. The molecule has 2 aliphatic rings. The number of nitrogens with one attached hydrogen (secondary N) is 5. The van der Waals surface area contributed by atoms with Crippen LogP contribution in [0.1, 0.15) is 28.2 Å². The zero-order valence-corrected chi connectivity index (χ0v) is 29.9. The number of thiophene rings is 1. The number of carbonyl (C=O) groups is 6. The minimum atomic E-state index is -1.77. The predicted molar refractivity (Wildman–Crippen MR) is 193 cm³/mol. The number of amides is 5. The van der Waals surface area contributed by atoms with Gasteiger partial charge in [0.2, 0.25) is 23.6 Å². The van der Waals surface area contributed by atoms with Gasteiger partial charge in [0.25, 0.3) is 5.91 Å². The van der Waals surface area contributed by atoms with E-state index in [0.29, 0.717) is 16.9 Å². The van der Waals surface area contributed by atoms with E-state index >= 15 is 0 Å². The SMILES string of the molecule is O=C1CC(O)C(=O)Nc2ccc(cc2)CC(C(=O)O)NC(=O)C(Cc2ccco2)NC(=O)C(Cc2ccc(Br)cc2)NC(=O)C(Cc2cccs2)N1. The molecule has 0 aliphatic carbocycles. The fourth-order valence-corrected chi connectivity index (χ4v) is 6.48. The third-order valence-corrected chi connectivity index (χ3v) is 9.63. The van der Waals surface area contributed by atoms with E-state index in [9.17, 15) is 39.0 Å². The van der Waals surface area contributed by atoms with Crippen LogP contribution in [0.5, 0.6) is 0 Å². The van der Waals surface area contributed by atoms with Crippen LogP contribution in [0.15, 0.2) is 93.3 Å². The summed E-state index contributed by atoms with van der Waals surface area (Å²) in [7, 11) is 0. The molecule has 2 aliphatic heterocycles. The Hall–Kier alpha value is -5.32. The lowest BCUT2D eigenvalue weighted by molar-refractivity contribution is -0.142. The van der Waals surface area contributed by atoms with Gasteiger partial charge in [-0.05, 0) is 59.0 Å². The lowest BCUT2D eigenvalue weighted by Crippen LogP contribution is -2.59. The van der Waals surface area contributed by atoms with Gasteiger partial charge in [-0.2, -0.15) is 0 Å². The van der Waals surface area contributed by atoms with Gasteiger partial charge in [-0.15, -0.1) is 11.3 Å². The van der Waals surface area contributed by atoms with Gasteiger partial charge in [0.1, 0.15) is 36.0 Å². The van der Waals surface area contributed by atoms with Crippen molar-refractivity contribution < 1.29 is 43.4 Å². The summed E-state index contributed by atoms with van der Waals surface area (Å²) in [5, 5.41) is 35.4. The molecule has 4 aromatic rings. The van der Waals surface area contributed by atoms with Crippen LogP contribution in [0.4, 0.5) is 5.69 Å². The molecule has 5 atom stereocenters. The largest absolute Gasteiger partial charge is 0.480 e. The first-order valence-electron chi connectivity index (χ1n) is 16.2. The first kappa shape index (κ1) is 37.9. The summed E-state index contributed by atoms with van der Waals surface area (Å²) in [4.78, 5) is 80.7. The number of rotatable bonds is 7. The highest BCUT2D eigenvalue weighted by Crippen LogP contribution is 2.16. The van der Waals surface area contributed by atoms with Crippen molar-refractivity contribution >= 4 is 68.5 Å². The molecule has 0 saturated carbocycles. The molecule has 2 bridgehead atoms. The van der Waals surface area contributed by atoms with Gasteiger partial charge in [0.15, 0.2) is 0 Å². The van der Waals surface area contributed by atoms with Gasteiger partial charge in [-0.3, -0.25) is 24.0 Å². The summed E-state index contributed by atoms with van der Waals surface area (Å²) in [5.74, 6) is -4.96. The minimum Gasteiger partial charge on any atom is -0.480 e. The van der Waals surface area contributed by atoms with Crippen molar-refractivity contribution in [2.75, 3.05) is 5.32 Å². The van der Waals surface area contributed by atoms with Gasteiger partial charge in [-0.25, -0.2) is 4.79 Å². The zero-order chi connectivity index (χ0) is 37.2. The maximum Gasteiger partial charge on any atom is 0.326 e. The van der Waals surface area contributed by atoms with E-state index in [1.54, 1.807) is 66.0 Å². The number of carboxylic acids is 1. The maximum atomic E-state index is 14.1. The Bertz CT molecular complexity index is 1870. The second kappa shape index (κ2) is 17.7. The highest BCUT2D eigenvalue weighted by Gasteiger charge is 2.33. The summed E-state index contributed by atoms with van der Waals surface area (Å²) < 4.78 is 6.22. The first-order valence-corrected chi connectivity index (χ1v) is 17.9. The molecule has 5 amide bonds. The molecule has 14 nitrogen and oxygen atoms in total. The number of halogens is 1. The monoisotopic (exact) mass is 793 g/mol. The number of aliphatic hydroxyl groups is 1. The summed E-state index contributed by atoms with van der Waals surface area (Å²) >= 11 is 4.73. The summed E-state index contributed by atoms with van der Waals surface area (Å²) in [6.45, 7) is 0. The van der Waals surface area contributed by atoms with Gasteiger partial charge < -0.3 is 41.2 Å². The van der Waals surface area contributed by atoms with Crippen LogP contribution in [0.25, 0.3) is 0 Å². The first-order chi connectivity index (χ1) is 24.9. The Balaban J connectivity index is 1.50. The molecular formula is C36H36BrN5O9S. The molecule has 272 valence electrons. The second-order valence-corrected chi connectivity index (χ2v) is 14.1. The molecule has 52 heavy (non-hydrogen) atoms. The fraction of sp³-hybridized carbons (Fsp3) is 0.278. The standard InChI is InChI=1S/C36H36BrN5O9S/c37-22-9-5-20(6-10-22)15-26-32(45)41-27(17-24-3-1-13-51-24)33(46)42-29(36(49)50)16-21-7-11-23(12-8-21)38-35(48)30(43)19-31(44)39-28(34(47)40-26)18-25-4-2-14-52-25/h1-14,26-30,43H,15-19H2,(H,38,48)(H,39,44)(H,40,47)(H,41,45)(H,42,46)(H,49,50). The molecule has 4 heterocycles. The zero-order valence-electron chi connectivity index (χ0n) is 27.5. The lowest BCUT2D eigenvalue weighted by atomic mass is 10.0. The molecular weight excluding hydrogens is 758 g/mol. The van der Waals surface area contributed by atoms with Crippen molar-refractivity contribution in [3.05, 3.63) is 111 Å². The average Bonchev–Trinajstić information content (AvgIpc) is 3.83. The van der Waals surface area contributed by atoms with Crippen molar-refractivity contribution in [3.8, 4) is 0 Å². The summed E-state index contributed by atoms with van der Waals surface area (Å²) in [5.41, 5.74) is 1.42. The normalized spacial score (nSPS) is 22.3. The van der Waals surface area contributed by atoms with E-state index in [1.165, 1.54) is 29.7 Å². The van der Waals surface area contributed by atoms with Crippen LogP contribution in [-0.2, 0) is 54.5 Å². The van der Waals surface area contributed by atoms with Gasteiger partial charge in [0, 0.05) is 40.7 Å².